The van der Waals surface area contributed by atoms with Gasteiger partial charge in [-0.2, -0.15) is 0 Å². The molecular formula is C12H18O2. The quantitative estimate of drug-likeness (QED) is 0.507. The van der Waals surface area contributed by atoms with Crippen molar-refractivity contribution < 1.29 is 9.47 Å². The molecule has 1 saturated carbocycles. The molecule has 2 rings (SSSR count). The highest BCUT2D eigenvalue weighted by Crippen LogP contribution is 2.44. The van der Waals surface area contributed by atoms with Gasteiger partial charge < -0.3 is 9.47 Å². The lowest BCUT2D eigenvalue weighted by Gasteiger charge is -2.29. The SMILES string of the molecule is C#CCCCC1CCCC12OCCO2. The Morgan fingerprint density at radius 2 is 2.14 bits per heavy atom. The topological polar surface area (TPSA) is 18.5 Å². The monoisotopic (exact) mass is 194 g/mol. The average molecular weight is 194 g/mol. The van der Waals surface area contributed by atoms with Crippen LogP contribution in [0.1, 0.15) is 38.5 Å². The highest BCUT2D eigenvalue weighted by Gasteiger charge is 2.47. The van der Waals surface area contributed by atoms with Gasteiger partial charge in [0.25, 0.3) is 0 Å². The molecule has 1 atom stereocenters. The molecule has 1 heterocycles. The van der Waals surface area contributed by atoms with Gasteiger partial charge in [-0.25, -0.2) is 0 Å². The number of ether oxygens (including phenoxy) is 2. The number of hydrogen-bond donors (Lipinski definition) is 0. The summed E-state index contributed by atoms with van der Waals surface area (Å²) in [7, 11) is 0. The molecule has 1 aliphatic carbocycles. The van der Waals surface area contributed by atoms with Gasteiger partial charge in [-0.05, 0) is 25.7 Å². The predicted octanol–water partition coefficient (Wildman–Crippen LogP) is 2.33. The fraction of sp³-hybridized carbons (Fsp3) is 0.833. The smallest absolute Gasteiger partial charge is 0.171 e. The van der Waals surface area contributed by atoms with Crippen LogP contribution < -0.4 is 0 Å². The van der Waals surface area contributed by atoms with Crippen molar-refractivity contribution in [3.8, 4) is 12.3 Å². The molecular weight excluding hydrogens is 176 g/mol. The Labute approximate surface area is 86.0 Å². The molecule has 1 unspecified atom stereocenters. The molecule has 1 saturated heterocycles. The fourth-order valence-corrected chi connectivity index (χ4v) is 2.68. The molecule has 0 aromatic rings. The summed E-state index contributed by atoms with van der Waals surface area (Å²) in [5, 5.41) is 0. The molecule has 0 radical (unpaired) electrons. The lowest BCUT2D eigenvalue weighted by molar-refractivity contribution is -0.182. The van der Waals surface area contributed by atoms with E-state index in [4.69, 9.17) is 15.9 Å². The third kappa shape index (κ3) is 1.80. The Kier molecular flexibility index (Phi) is 3.10. The minimum atomic E-state index is -0.214. The van der Waals surface area contributed by atoms with Crippen molar-refractivity contribution in [2.75, 3.05) is 13.2 Å². The van der Waals surface area contributed by atoms with Crippen molar-refractivity contribution in [1.82, 2.24) is 0 Å². The average Bonchev–Trinajstić information content (AvgIpc) is 2.80. The molecule has 14 heavy (non-hydrogen) atoms. The van der Waals surface area contributed by atoms with E-state index < -0.39 is 0 Å². The van der Waals surface area contributed by atoms with Crippen LogP contribution in [0.5, 0.6) is 0 Å². The van der Waals surface area contributed by atoms with Crippen LogP contribution in [-0.4, -0.2) is 19.0 Å². The van der Waals surface area contributed by atoms with E-state index in [-0.39, 0.29) is 5.79 Å². The molecule has 0 bridgehead atoms. The van der Waals surface area contributed by atoms with Crippen LogP contribution in [0.4, 0.5) is 0 Å². The first-order valence-corrected chi connectivity index (χ1v) is 5.59. The first kappa shape index (κ1) is 10.0. The van der Waals surface area contributed by atoms with E-state index in [1.807, 2.05) is 0 Å². The zero-order valence-corrected chi connectivity index (χ0v) is 8.63. The summed E-state index contributed by atoms with van der Waals surface area (Å²) in [6.45, 7) is 1.54. The van der Waals surface area contributed by atoms with Gasteiger partial charge in [0.2, 0.25) is 0 Å². The van der Waals surface area contributed by atoms with Gasteiger partial charge in [0.1, 0.15) is 0 Å². The zero-order valence-electron chi connectivity index (χ0n) is 8.63. The molecule has 0 N–H and O–H groups in total. The summed E-state index contributed by atoms with van der Waals surface area (Å²) in [4.78, 5) is 0. The van der Waals surface area contributed by atoms with E-state index in [9.17, 15) is 0 Å². The van der Waals surface area contributed by atoms with E-state index >= 15 is 0 Å². The zero-order chi connectivity index (χ0) is 9.86. The summed E-state index contributed by atoms with van der Waals surface area (Å²) in [5.41, 5.74) is 0. The van der Waals surface area contributed by atoms with Crippen LogP contribution in [0.15, 0.2) is 0 Å². The highest BCUT2D eigenvalue weighted by atomic mass is 16.7. The number of unbranched alkanes of at least 4 members (excludes halogenated alkanes) is 1. The Bertz CT molecular complexity index is 217. The van der Waals surface area contributed by atoms with Crippen LogP contribution in [0.2, 0.25) is 0 Å². The largest absolute Gasteiger partial charge is 0.347 e. The summed E-state index contributed by atoms with van der Waals surface area (Å²) in [5.74, 6) is 3.06. The van der Waals surface area contributed by atoms with Gasteiger partial charge in [-0.15, -0.1) is 12.3 Å². The maximum atomic E-state index is 5.77. The summed E-state index contributed by atoms with van der Waals surface area (Å²) >= 11 is 0. The van der Waals surface area contributed by atoms with E-state index in [2.05, 4.69) is 5.92 Å². The molecule has 2 nitrogen and oxygen atoms in total. The normalized spacial score (nSPS) is 29.5. The van der Waals surface area contributed by atoms with Crippen molar-refractivity contribution >= 4 is 0 Å². The molecule has 1 spiro atoms. The van der Waals surface area contributed by atoms with Gasteiger partial charge in [0.05, 0.1) is 13.2 Å². The van der Waals surface area contributed by atoms with Crippen molar-refractivity contribution in [2.45, 2.75) is 44.3 Å². The number of rotatable bonds is 3. The minimum Gasteiger partial charge on any atom is -0.347 e. The molecule has 0 aromatic carbocycles. The summed E-state index contributed by atoms with van der Waals surface area (Å²) < 4.78 is 11.5. The van der Waals surface area contributed by atoms with E-state index in [0.717, 1.165) is 38.9 Å². The molecule has 2 aliphatic rings. The highest BCUT2D eigenvalue weighted by molar-refractivity contribution is 4.90. The first-order valence-electron chi connectivity index (χ1n) is 5.59. The Hall–Kier alpha value is -0.520. The molecule has 0 amide bonds. The first-order chi connectivity index (χ1) is 6.87. The second-order valence-corrected chi connectivity index (χ2v) is 4.19. The van der Waals surface area contributed by atoms with E-state index in [1.165, 1.54) is 12.8 Å². The maximum Gasteiger partial charge on any atom is 0.171 e. The lowest BCUT2D eigenvalue weighted by atomic mass is 9.95. The fourth-order valence-electron chi connectivity index (χ4n) is 2.68. The molecule has 2 heteroatoms. The van der Waals surface area contributed by atoms with Crippen molar-refractivity contribution in [2.24, 2.45) is 5.92 Å². The number of hydrogen-bond acceptors (Lipinski definition) is 2. The van der Waals surface area contributed by atoms with Crippen LogP contribution in [0.3, 0.4) is 0 Å². The van der Waals surface area contributed by atoms with Crippen LogP contribution >= 0.6 is 0 Å². The Morgan fingerprint density at radius 1 is 1.36 bits per heavy atom. The van der Waals surface area contributed by atoms with E-state index in [0.29, 0.717) is 5.92 Å². The van der Waals surface area contributed by atoms with Gasteiger partial charge in [-0.1, -0.05) is 0 Å². The minimum absolute atomic E-state index is 0.214. The van der Waals surface area contributed by atoms with Crippen molar-refractivity contribution in [3.63, 3.8) is 0 Å². The molecule has 0 aromatic heterocycles. The van der Waals surface area contributed by atoms with Crippen molar-refractivity contribution in [1.29, 1.82) is 0 Å². The second-order valence-electron chi connectivity index (χ2n) is 4.19. The lowest BCUT2D eigenvalue weighted by Crippen LogP contribution is -2.34. The molecule has 1 aliphatic heterocycles. The summed E-state index contributed by atoms with van der Waals surface area (Å²) in [6, 6.07) is 0. The third-order valence-electron chi connectivity index (χ3n) is 3.35. The predicted molar refractivity (Wildman–Crippen MR) is 54.7 cm³/mol. The molecule has 78 valence electrons. The van der Waals surface area contributed by atoms with Gasteiger partial charge in [0, 0.05) is 18.8 Å². The van der Waals surface area contributed by atoms with Gasteiger partial charge >= 0.3 is 0 Å². The molecule has 2 fully saturated rings. The van der Waals surface area contributed by atoms with Crippen LogP contribution in [0, 0.1) is 18.3 Å². The van der Waals surface area contributed by atoms with Gasteiger partial charge in [0.15, 0.2) is 5.79 Å². The van der Waals surface area contributed by atoms with E-state index in [1.54, 1.807) is 0 Å². The second kappa shape index (κ2) is 4.33. The van der Waals surface area contributed by atoms with Gasteiger partial charge in [-0.3, -0.25) is 0 Å². The van der Waals surface area contributed by atoms with Crippen molar-refractivity contribution in [3.05, 3.63) is 0 Å². The Morgan fingerprint density at radius 3 is 2.86 bits per heavy atom. The summed E-state index contributed by atoms with van der Waals surface area (Å²) in [6.07, 6.45) is 11.9. The van der Waals surface area contributed by atoms with Crippen LogP contribution in [-0.2, 0) is 9.47 Å². The number of terminal acetylenes is 1. The van der Waals surface area contributed by atoms with Crippen LogP contribution in [0.25, 0.3) is 0 Å². The third-order valence-corrected chi connectivity index (χ3v) is 3.35. The Balaban J connectivity index is 1.87. The standard InChI is InChI=1S/C12H18O2/c1-2-3-4-6-11-7-5-8-12(11)13-9-10-14-12/h1,11H,3-10H2. The maximum absolute atomic E-state index is 5.77.